The molecule has 0 saturated carbocycles. The van der Waals surface area contributed by atoms with Crippen molar-refractivity contribution >= 4 is 29.1 Å². The maximum atomic E-state index is 13.0. The van der Waals surface area contributed by atoms with E-state index in [0.29, 0.717) is 23.7 Å². The number of likely N-dealkylation sites (N-methyl/N-ethyl adjacent to an activating group) is 1. The molecule has 2 aromatic carbocycles. The Bertz CT molecular complexity index is 947. The van der Waals surface area contributed by atoms with Gasteiger partial charge in [0.05, 0.1) is 11.6 Å². The highest BCUT2D eigenvalue weighted by Gasteiger charge is 2.45. The Hall–Kier alpha value is -2.63. The van der Waals surface area contributed by atoms with Crippen LogP contribution in [0.15, 0.2) is 54.1 Å². The van der Waals surface area contributed by atoms with E-state index in [1.165, 1.54) is 0 Å². The van der Waals surface area contributed by atoms with Gasteiger partial charge in [0.25, 0.3) is 11.7 Å². The van der Waals surface area contributed by atoms with E-state index in [4.69, 9.17) is 11.6 Å². The number of aryl methyl sites for hydroxylation is 1. The molecule has 0 radical (unpaired) electrons. The van der Waals surface area contributed by atoms with Gasteiger partial charge < -0.3 is 14.9 Å². The molecular formula is C24H27ClN2O3. The second-order valence-electron chi connectivity index (χ2n) is 7.44. The van der Waals surface area contributed by atoms with Crippen LogP contribution in [-0.2, 0) is 9.59 Å². The SMILES string of the molecule is CCN(CC)CCN1C(=O)C(=O)/C(=C(/O)c2ccc(C)cc2)[C@@H]1c1ccc(Cl)cc1. The first-order valence-corrected chi connectivity index (χ1v) is 10.6. The van der Waals surface area contributed by atoms with Crippen LogP contribution in [0, 0.1) is 6.92 Å². The van der Waals surface area contributed by atoms with Crippen LogP contribution in [0.4, 0.5) is 0 Å². The molecule has 6 heteroatoms. The first-order chi connectivity index (χ1) is 14.4. The van der Waals surface area contributed by atoms with Crippen LogP contribution in [0.25, 0.3) is 5.76 Å². The van der Waals surface area contributed by atoms with E-state index in [9.17, 15) is 14.7 Å². The zero-order valence-electron chi connectivity index (χ0n) is 17.6. The third kappa shape index (κ3) is 4.42. The van der Waals surface area contributed by atoms with Crippen molar-refractivity contribution in [1.29, 1.82) is 0 Å². The van der Waals surface area contributed by atoms with Crippen molar-refractivity contribution in [2.24, 2.45) is 0 Å². The number of rotatable bonds is 7. The first-order valence-electron chi connectivity index (χ1n) is 10.2. The van der Waals surface area contributed by atoms with Gasteiger partial charge in [-0.1, -0.05) is 67.4 Å². The summed E-state index contributed by atoms with van der Waals surface area (Å²) in [6, 6.07) is 13.6. The van der Waals surface area contributed by atoms with E-state index in [1.807, 2.05) is 19.1 Å². The number of aliphatic hydroxyl groups excluding tert-OH is 1. The standard InChI is InChI=1S/C24H27ClN2O3/c1-4-26(5-2)14-15-27-21(17-10-12-19(25)13-11-17)20(23(29)24(27)30)22(28)18-8-6-16(3)7-9-18/h6-13,21,28H,4-5,14-15H2,1-3H3/b22-20+/t21-/m0/s1. The average molecular weight is 427 g/mol. The van der Waals surface area contributed by atoms with Gasteiger partial charge in [-0.3, -0.25) is 9.59 Å². The molecule has 1 fully saturated rings. The summed E-state index contributed by atoms with van der Waals surface area (Å²) in [5.74, 6) is -1.40. The predicted octanol–water partition coefficient (Wildman–Crippen LogP) is 4.41. The van der Waals surface area contributed by atoms with E-state index in [2.05, 4.69) is 18.7 Å². The molecule has 158 valence electrons. The number of ketones is 1. The Morgan fingerprint density at radius 2 is 1.63 bits per heavy atom. The lowest BCUT2D eigenvalue weighted by Gasteiger charge is -2.28. The van der Waals surface area contributed by atoms with Gasteiger partial charge in [0.15, 0.2) is 0 Å². The Kier molecular flexibility index (Phi) is 6.95. The summed E-state index contributed by atoms with van der Waals surface area (Å²) in [6.45, 7) is 8.82. The molecule has 1 amide bonds. The molecule has 1 aliphatic heterocycles. The number of amides is 1. The average Bonchev–Trinajstić information content (AvgIpc) is 3.00. The monoisotopic (exact) mass is 426 g/mol. The minimum Gasteiger partial charge on any atom is -0.507 e. The second-order valence-corrected chi connectivity index (χ2v) is 7.87. The van der Waals surface area contributed by atoms with Gasteiger partial charge in [0.2, 0.25) is 0 Å². The largest absolute Gasteiger partial charge is 0.507 e. The molecule has 5 nitrogen and oxygen atoms in total. The van der Waals surface area contributed by atoms with E-state index >= 15 is 0 Å². The normalized spacial score (nSPS) is 18.4. The molecule has 0 bridgehead atoms. The molecular weight excluding hydrogens is 400 g/mol. The fourth-order valence-corrected chi connectivity index (χ4v) is 3.88. The van der Waals surface area contributed by atoms with Gasteiger partial charge in [0, 0.05) is 23.7 Å². The molecule has 0 unspecified atom stereocenters. The van der Waals surface area contributed by atoms with Crippen LogP contribution < -0.4 is 0 Å². The minimum atomic E-state index is -0.660. The maximum Gasteiger partial charge on any atom is 0.295 e. The van der Waals surface area contributed by atoms with Crippen molar-refractivity contribution in [1.82, 2.24) is 9.80 Å². The van der Waals surface area contributed by atoms with Gasteiger partial charge in [-0.2, -0.15) is 0 Å². The molecule has 2 aromatic rings. The van der Waals surface area contributed by atoms with Gasteiger partial charge in [0.1, 0.15) is 5.76 Å². The third-order valence-electron chi connectivity index (χ3n) is 5.60. The smallest absolute Gasteiger partial charge is 0.295 e. The molecule has 30 heavy (non-hydrogen) atoms. The van der Waals surface area contributed by atoms with Crippen molar-refractivity contribution in [2.45, 2.75) is 26.8 Å². The highest BCUT2D eigenvalue weighted by Crippen LogP contribution is 2.39. The first kappa shape index (κ1) is 22.1. The number of benzene rings is 2. The number of carbonyl (C=O) groups excluding carboxylic acids is 2. The lowest BCUT2D eigenvalue weighted by Crippen LogP contribution is -2.38. The summed E-state index contributed by atoms with van der Waals surface area (Å²) < 4.78 is 0. The summed E-state index contributed by atoms with van der Waals surface area (Å²) in [7, 11) is 0. The number of carbonyl (C=O) groups is 2. The quantitative estimate of drug-likeness (QED) is 0.404. The predicted molar refractivity (Wildman–Crippen MR) is 119 cm³/mol. The summed E-state index contributed by atoms with van der Waals surface area (Å²) >= 11 is 6.05. The zero-order chi connectivity index (χ0) is 21.8. The van der Waals surface area contributed by atoms with Gasteiger partial charge in [-0.15, -0.1) is 0 Å². The fraction of sp³-hybridized carbons (Fsp3) is 0.333. The lowest BCUT2D eigenvalue weighted by atomic mass is 9.95. The Morgan fingerprint density at radius 3 is 2.20 bits per heavy atom. The fourth-order valence-electron chi connectivity index (χ4n) is 3.76. The number of hydrogen-bond donors (Lipinski definition) is 1. The zero-order valence-corrected chi connectivity index (χ0v) is 18.3. The number of hydrogen-bond acceptors (Lipinski definition) is 4. The van der Waals surface area contributed by atoms with Crippen LogP contribution in [0.2, 0.25) is 5.02 Å². The van der Waals surface area contributed by atoms with Crippen LogP contribution in [0.1, 0.15) is 36.6 Å². The summed E-state index contributed by atoms with van der Waals surface area (Å²) in [5, 5.41) is 11.6. The van der Waals surface area contributed by atoms with Crippen molar-refractivity contribution < 1.29 is 14.7 Å². The molecule has 0 aliphatic carbocycles. The van der Waals surface area contributed by atoms with Crippen molar-refractivity contribution in [3.63, 3.8) is 0 Å². The van der Waals surface area contributed by atoms with E-state index in [0.717, 1.165) is 24.2 Å². The number of aliphatic hydroxyl groups is 1. The molecule has 1 N–H and O–H groups in total. The topological polar surface area (TPSA) is 60.9 Å². The van der Waals surface area contributed by atoms with Crippen LogP contribution in [0.5, 0.6) is 0 Å². The van der Waals surface area contributed by atoms with Crippen molar-refractivity contribution in [3.8, 4) is 0 Å². The highest BCUT2D eigenvalue weighted by molar-refractivity contribution is 6.46. The molecule has 1 atom stereocenters. The number of nitrogens with zero attached hydrogens (tertiary/aromatic N) is 2. The Balaban J connectivity index is 2.08. The summed E-state index contributed by atoms with van der Waals surface area (Å²) in [6.07, 6.45) is 0. The van der Waals surface area contributed by atoms with Gasteiger partial charge in [-0.05, 0) is 37.7 Å². The maximum absolute atomic E-state index is 13.0. The second kappa shape index (κ2) is 9.45. The Morgan fingerprint density at radius 1 is 1.03 bits per heavy atom. The molecule has 1 heterocycles. The lowest BCUT2D eigenvalue weighted by molar-refractivity contribution is -0.140. The summed E-state index contributed by atoms with van der Waals surface area (Å²) in [4.78, 5) is 29.7. The van der Waals surface area contributed by atoms with Crippen LogP contribution in [0.3, 0.4) is 0 Å². The molecule has 3 rings (SSSR count). The van der Waals surface area contributed by atoms with Crippen molar-refractivity contribution in [3.05, 3.63) is 75.8 Å². The van der Waals surface area contributed by atoms with Crippen molar-refractivity contribution in [2.75, 3.05) is 26.2 Å². The number of likely N-dealkylation sites (tertiary alicyclic amines) is 1. The molecule has 1 saturated heterocycles. The Labute approximate surface area is 182 Å². The van der Waals surface area contributed by atoms with Gasteiger partial charge >= 0.3 is 0 Å². The highest BCUT2D eigenvalue weighted by atomic mass is 35.5. The number of Topliss-reactive ketones (excluding diaryl/α,β-unsaturated/α-hetero) is 1. The van der Waals surface area contributed by atoms with Gasteiger partial charge in [-0.25, -0.2) is 0 Å². The molecule has 0 spiro atoms. The minimum absolute atomic E-state index is 0.116. The van der Waals surface area contributed by atoms with E-state index < -0.39 is 17.7 Å². The van der Waals surface area contributed by atoms with Crippen LogP contribution >= 0.6 is 11.6 Å². The van der Waals surface area contributed by atoms with E-state index in [-0.39, 0.29) is 11.3 Å². The van der Waals surface area contributed by atoms with Crippen LogP contribution in [-0.4, -0.2) is 52.8 Å². The molecule has 0 aromatic heterocycles. The molecule has 1 aliphatic rings. The summed E-state index contributed by atoms with van der Waals surface area (Å²) in [5.41, 5.74) is 2.42. The third-order valence-corrected chi connectivity index (χ3v) is 5.85. The van der Waals surface area contributed by atoms with E-state index in [1.54, 1.807) is 41.3 Å². The number of halogens is 1.